The highest BCUT2D eigenvalue weighted by molar-refractivity contribution is 6.39. The van der Waals surface area contributed by atoms with E-state index in [1.54, 1.807) is 6.26 Å². The molecule has 2 aromatic carbocycles. The number of hydrogen-bond acceptors (Lipinski definition) is 3. The normalized spacial score (nSPS) is 16.3. The summed E-state index contributed by atoms with van der Waals surface area (Å²) in [7, 11) is 0. The molecule has 160 valence electrons. The minimum atomic E-state index is -0.658. The van der Waals surface area contributed by atoms with Crippen LogP contribution in [0, 0.1) is 13.8 Å². The first-order valence-corrected chi connectivity index (χ1v) is 10.6. The van der Waals surface area contributed by atoms with E-state index in [1.807, 2.05) is 44.2 Å². The van der Waals surface area contributed by atoms with Gasteiger partial charge in [0.05, 0.1) is 19.4 Å². The number of nitrogens with one attached hydrogen (secondary N) is 3. The number of quaternary nitrogens is 1. The summed E-state index contributed by atoms with van der Waals surface area (Å²) in [5.41, 5.74) is 5.22. The van der Waals surface area contributed by atoms with E-state index in [0.29, 0.717) is 12.2 Å². The van der Waals surface area contributed by atoms with Gasteiger partial charge in [-0.25, -0.2) is 0 Å². The van der Waals surface area contributed by atoms with E-state index in [2.05, 4.69) is 34.9 Å². The number of para-hydroxylation sites is 1. The van der Waals surface area contributed by atoms with Crippen LogP contribution in [0.3, 0.4) is 0 Å². The van der Waals surface area contributed by atoms with Gasteiger partial charge < -0.3 is 20.0 Å². The molecule has 2 atom stereocenters. The van der Waals surface area contributed by atoms with Gasteiger partial charge in [0.25, 0.3) is 0 Å². The van der Waals surface area contributed by atoms with E-state index in [0.717, 1.165) is 36.4 Å². The average Bonchev–Trinajstić information content (AvgIpc) is 3.30. The first-order chi connectivity index (χ1) is 15.0. The van der Waals surface area contributed by atoms with E-state index < -0.39 is 11.8 Å². The van der Waals surface area contributed by atoms with Gasteiger partial charge in [-0.05, 0) is 42.7 Å². The molecule has 0 fully saturated rings. The van der Waals surface area contributed by atoms with Gasteiger partial charge in [0.2, 0.25) is 0 Å². The van der Waals surface area contributed by atoms with Crippen LogP contribution in [-0.4, -0.2) is 24.9 Å². The molecule has 1 unspecified atom stereocenters. The molecule has 0 saturated heterocycles. The summed E-state index contributed by atoms with van der Waals surface area (Å²) in [5, 5.41) is 5.57. The molecule has 4 rings (SSSR count). The molecule has 2 heterocycles. The van der Waals surface area contributed by atoms with Crippen molar-refractivity contribution in [2.45, 2.75) is 32.9 Å². The number of hydrogen-bond donors (Lipinski definition) is 3. The summed E-state index contributed by atoms with van der Waals surface area (Å²) in [6, 6.07) is 17.9. The molecule has 0 bridgehead atoms. The maximum absolute atomic E-state index is 12.6. The highest BCUT2D eigenvalue weighted by atomic mass is 16.3. The van der Waals surface area contributed by atoms with E-state index in [4.69, 9.17) is 4.42 Å². The molecule has 1 aliphatic heterocycles. The molecule has 0 radical (unpaired) electrons. The smallest absolute Gasteiger partial charge is 0.313 e. The van der Waals surface area contributed by atoms with Crippen LogP contribution in [0.1, 0.15) is 34.1 Å². The van der Waals surface area contributed by atoms with Crippen molar-refractivity contribution in [1.29, 1.82) is 0 Å². The van der Waals surface area contributed by atoms with Crippen LogP contribution in [0.25, 0.3) is 0 Å². The average molecular weight is 419 g/mol. The number of amides is 2. The van der Waals surface area contributed by atoms with Gasteiger partial charge in [-0.1, -0.05) is 42.5 Å². The van der Waals surface area contributed by atoms with Crippen molar-refractivity contribution in [3.63, 3.8) is 0 Å². The fourth-order valence-electron chi connectivity index (χ4n) is 4.29. The zero-order valence-electron chi connectivity index (χ0n) is 17.9. The van der Waals surface area contributed by atoms with Crippen molar-refractivity contribution in [3.05, 3.63) is 88.9 Å². The number of carbonyl (C=O) groups is 2. The lowest BCUT2D eigenvalue weighted by Gasteiger charge is -2.31. The largest absolute Gasteiger partial charge is 0.463 e. The maximum Gasteiger partial charge on any atom is 0.313 e. The standard InChI is InChI=1S/C25H27N3O3/c1-17-7-5-8-18(2)23(17)27-25(30)24(29)26-15-21(22-11-6-14-31-22)28-13-12-19-9-3-4-10-20(19)16-28/h3-11,14,21H,12-13,15-16H2,1-2H3,(H,26,29)(H,27,30)/p+1/t21-/m1/s1. The van der Waals surface area contributed by atoms with E-state index in [1.165, 1.54) is 16.0 Å². The summed E-state index contributed by atoms with van der Waals surface area (Å²) in [6.45, 7) is 5.93. The van der Waals surface area contributed by atoms with Crippen LogP contribution in [-0.2, 0) is 22.6 Å². The van der Waals surface area contributed by atoms with Gasteiger partial charge in [-0.15, -0.1) is 0 Å². The van der Waals surface area contributed by atoms with Crippen molar-refractivity contribution >= 4 is 17.5 Å². The molecule has 1 aromatic heterocycles. The zero-order valence-corrected chi connectivity index (χ0v) is 17.9. The molecule has 2 amide bonds. The molecule has 0 spiro atoms. The summed E-state index contributed by atoms with van der Waals surface area (Å²) in [5.74, 6) is -0.490. The summed E-state index contributed by atoms with van der Waals surface area (Å²) in [6.07, 6.45) is 2.62. The Labute approximate surface area is 182 Å². The minimum absolute atomic E-state index is 0.0692. The molecule has 0 saturated carbocycles. The van der Waals surface area contributed by atoms with Crippen molar-refractivity contribution in [3.8, 4) is 0 Å². The Balaban J connectivity index is 1.44. The molecular formula is C25H28N3O3+. The predicted molar refractivity (Wildman–Crippen MR) is 119 cm³/mol. The Kier molecular flexibility index (Phi) is 6.18. The molecule has 1 aliphatic rings. The summed E-state index contributed by atoms with van der Waals surface area (Å²) >= 11 is 0. The van der Waals surface area contributed by atoms with Gasteiger partial charge in [0.1, 0.15) is 6.54 Å². The highest BCUT2D eigenvalue weighted by Gasteiger charge is 2.31. The number of anilines is 1. The Morgan fingerprint density at radius 3 is 2.42 bits per heavy atom. The second-order valence-corrected chi connectivity index (χ2v) is 8.10. The van der Waals surface area contributed by atoms with Crippen LogP contribution in [0.15, 0.2) is 65.3 Å². The van der Waals surface area contributed by atoms with Crippen LogP contribution in [0.2, 0.25) is 0 Å². The Morgan fingerprint density at radius 1 is 0.968 bits per heavy atom. The van der Waals surface area contributed by atoms with Crippen LogP contribution in [0.5, 0.6) is 0 Å². The molecule has 3 aromatic rings. The number of rotatable bonds is 5. The number of fused-ring (bicyclic) bond motifs is 1. The highest BCUT2D eigenvalue weighted by Crippen LogP contribution is 2.19. The topological polar surface area (TPSA) is 75.8 Å². The van der Waals surface area contributed by atoms with E-state index >= 15 is 0 Å². The third-order valence-electron chi connectivity index (χ3n) is 6.02. The number of aryl methyl sites for hydroxylation is 2. The Hall–Kier alpha value is -3.38. The van der Waals surface area contributed by atoms with Crippen molar-refractivity contribution in [2.24, 2.45) is 0 Å². The zero-order chi connectivity index (χ0) is 21.8. The SMILES string of the molecule is Cc1cccc(C)c1NC(=O)C(=O)NC[C@H](c1ccco1)[NH+]1CCc2ccccc2C1. The maximum atomic E-state index is 12.6. The summed E-state index contributed by atoms with van der Waals surface area (Å²) < 4.78 is 5.68. The first-order valence-electron chi connectivity index (χ1n) is 10.6. The van der Waals surface area contributed by atoms with Gasteiger partial charge >= 0.3 is 11.8 Å². The monoisotopic (exact) mass is 418 g/mol. The number of carbonyl (C=O) groups excluding carboxylic acids is 2. The number of furan rings is 1. The van der Waals surface area contributed by atoms with Crippen molar-refractivity contribution in [2.75, 3.05) is 18.4 Å². The molecule has 6 heteroatoms. The lowest BCUT2D eigenvalue weighted by Crippen LogP contribution is -3.12. The Bertz CT molecular complexity index is 1060. The Morgan fingerprint density at radius 2 is 1.71 bits per heavy atom. The second-order valence-electron chi connectivity index (χ2n) is 8.10. The van der Waals surface area contributed by atoms with Gasteiger partial charge in [-0.3, -0.25) is 9.59 Å². The molecule has 31 heavy (non-hydrogen) atoms. The summed E-state index contributed by atoms with van der Waals surface area (Å²) in [4.78, 5) is 26.4. The lowest BCUT2D eigenvalue weighted by molar-refractivity contribution is -0.946. The molecular weight excluding hydrogens is 390 g/mol. The van der Waals surface area contributed by atoms with E-state index in [-0.39, 0.29) is 6.04 Å². The predicted octanol–water partition coefficient (Wildman–Crippen LogP) is 2.33. The quantitative estimate of drug-likeness (QED) is 0.557. The van der Waals surface area contributed by atoms with Crippen LogP contribution >= 0.6 is 0 Å². The first kappa shape index (κ1) is 20.9. The molecule has 6 nitrogen and oxygen atoms in total. The molecule has 0 aliphatic carbocycles. The second kappa shape index (κ2) is 9.18. The van der Waals surface area contributed by atoms with Crippen molar-refractivity contribution in [1.82, 2.24) is 5.32 Å². The number of benzene rings is 2. The van der Waals surface area contributed by atoms with E-state index in [9.17, 15) is 9.59 Å². The minimum Gasteiger partial charge on any atom is -0.463 e. The lowest BCUT2D eigenvalue weighted by atomic mass is 9.98. The molecule has 3 N–H and O–H groups in total. The third-order valence-corrected chi connectivity index (χ3v) is 6.02. The fraction of sp³-hybridized carbons (Fsp3) is 0.280. The van der Waals surface area contributed by atoms with Gasteiger partial charge in [-0.2, -0.15) is 0 Å². The van der Waals surface area contributed by atoms with Crippen molar-refractivity contribution < 1.29 is 18.9 Å². The van der Waals surface area contributed by atoms with Crippen LogP contribution < -0.4 is 15.5 Å². The van der Waals surface area contributed by atoms with Crippen LogP contribution in [0.4, 0.5) is 5.69 Å². The van der Waals surface area contributed by atoms with Gasteiger partial charge in [0.15, 0.2) is 11.8 Å². The van der Waals surface area contributed by atoms with Gasteiger partial charge in [0, 0.05) is 17.7 Å². The fourth-order valence-corrected chi connectivity index (χ4v) is 4.29. The third kappa shape index (κ3) is 4.70.